The number of aromatic nitrogens is 2. The highest BCUT2D eigenvalue weighted by Gasteiger charge is 2.46. The first-order valence-corrected chi connectivity index (χ1v) is 41.6. The molecule has 0 amide bonds. The monoisotopic (exact) mass is 1570 g/mol. The van der Waals surface area contributed by atoms with Crippen LogP contribution in [-0.2, 0) is 44.8 Å². The number of fused-ring (bicyclic) bond motifs is 10. The summed E-state index contributed by atoms with van der Waals surface area (Å²) in [5.74, 6) is 0. The Kier molecular flexibility index (Phi) is 14.4. The Bertz CT molecular complexity index is 7150. The van der Waals surface area contributed by atoms with Crippen LogP contribution in [0.15, 0.2) is 267 Å². The lowest BCUT2D eigenvalue weighted by Crippen LogP contribution is -2.61. The second-order valence-corrected chi connectivity index (χ2v) is 40.8. The van der Waals surface area contributed by atoms with Crippen molar-refractivity contribution < 1.29 is 30.2 Å². The van der Waals surface area contributed by atoms with Gasteiger partial charge in [-0.25, -0.2) is 0 Å². The third-order valence-electron chi connectivity index (χ3n) is 21.8. The van der Waals surface area contributed by atoms with Crippen LogP contribution < -0.4 is 26.2 Å². The zero-order valence-corrected chi connectivity index (χ0v) is 72.4. The highest BCUT2D eigenvalue weighted by Crippen LogP contribution is 2.54. The predicted molar refractivity (Wildman–Crippen MR) is 513 cm³/mol. The van der Waals surface area contributed by atoms with Gasteiger partial charge in [-0.1, -0.05) is 327 Å². The molecule has 596 valence electrons. The van der Waals surface area contributed by atoms with Gasteiger partial charge in [0, 0.05) is 75.0 Å². The lowest BCUT2D eigenvalue weighted by atomic mass is 9.33. The molecule has 0 fully saturated rings. The first-order chi connectivity index (χ1) is 64.8. The second-order valence-electron chi connectivity index (χ2n) is 40.8. The lowest BCUT2D eigenvalue weighted by Gasteiger charge is -2.46. The third kappa shape index (κ3) is 16.1. The van der Waals surface area contributed by atoms with Crippen molar-refractivity contribution in [1.82, 2.24) is 9.13 Å². The van der Waals surface area contributed by atoms with E-state index in [9.17, 15) is 30.2 Å². The molecule has 4 nitrogen and oxygen atoms in total. The summed E-state index contributed by atoms with van der Waals surface area (Å²) >= 11 is 0. The predicted octanol–water partition coefficient (Wildman–Crippen LogP) is 29.8. The molecule has 0 atom stereocenters. The summed E-state index contributed by atoms with van der Waals surface area (Å²) in [4.78, 5) is 4.19. The molecule has 15 aromatic rings. The molecule has 5 heteroatoms. The number of benzene rings is 13. The van der Waals surface area contributed by atoms with Crippen molar-refractivity contribution in [3.63, 3.8) is 0 Å². The molecule has 0 unspecified atom stereocenters. The van der Waals surface area contributed by atoms with E-state index in [0.717, 1.165) is 22.3 Å². The maximum Gasteiger partial charge on any atom is 0.252 e. The van der Waals surface area contributed by atoms with Gasteiger partial charge in [-0.2, -0.15) is 0 Å². The molecule has 0 spiro atoms. The van der Waals surface area contributed by atoms with Crippen molar-refractivity contribution in [3.8, 4) is 55.9 Å². The quantitative estimate of drug-likeness (QED) is 0.0951. The van der Waals surface area contributed by atoms with Crippen molar-refractivity contribution in [2.75, 3.05) is 9.80 Å². The maximum atomic E-state index is 11.2. The van der Waals surface area contributed by atoms with Crippen LogP contribution in [0, 0.1) is 37.9 Å². The average Bonchev–Trinajstić information content (AvgIpc) is 1.28. The molecule has 0 saturated carbocycles. The van der Waals surface area contributed by atoms with Gasteiger partial charge in [-0.3, -0.25) is 0 Å². The largest absolute Gasteiger partial charge is 0.311 e. The molecule has 0 aliphatic carbocycles. The van der Waals surface area contributed by atoms with Crippen molar-refractivity contribution in [3.05, 3.63) is 305 Å². The SMILES string of the molecule is [2H]c1c([2H])c([2H])c2c(c1[2H])c1c([2H])c([2H])c([2H])c([2H])c1n2-c1ccc2c(c1)N(c1cc(-c3cccc(CC(C)(C)C)c3)c(C([2H])([2H])C(C)(C)C)cc1-c1cccc(CC(C)(C)C)c1)c1cc(C([2H])([2H])C(C)(C)C)cc3c1B2c1ccc(-n2c4c([2H])c([2H])c([2H])c([2H])c4c4c([2H])c([2H])c([2H])c([2H])c42)cc1N3c1cc(-c2cccc(CC(C)(C)C)c2)c(C([2H])([2H])C(C)(C)C)cc1-c1cccc(CC(C)(C)C)c1. The fraction of sp³-hybridized carbons (Fsp3) is 0.310. The standard InChI is InChI=1S/C113H121BN4/c1-107(2,3)66-73-34-30-38-78(54-73)90-64-100(92(60-82(90)71-112(16,17)18)80-40-32-36-75(56-80)68-109(7,8)9)117-102-62-84(115-96-46-26-22-42-86(96)87-43-23-27-47-97(87)115)50-52-94(102)114-95-53-51-85(116-98-48-28-24-44-88(98)89-45-25-29-49-99(89)116)63-103(95)118(105-59-77(70-111(13,14)15)58-104(117)106(105)114)101-65-91(79-39-31-35-74(55-79)67-108(4,5)6)83(72-113(19,20)21)61-93(101)81-41-33-37-76(57-81)69-110(10,11)12/h22-65H,66-72H2,1-21H3/i22D,23D,24D,25D,26D,27D,28D,29D,42D,43D,44D,45D,46D,47D,48D,49D,70D2,71D2,72D2. The summed E-state index contributed by atoms with van der Waals surface area (Å²) < 4.78 is 223. The summed E-state index contributed by atoms with van der Waals surface area (Å²) in [7, 11) is 0. The molecule has 0 saturated heterocycles. The van der Waals surface area contributed by atoms with E-state index in [-0.39, 0.29) is 82.2 Å². The van der Waals surface area contributed by atoms with Gasteiger partial charge in [0.15, 0.2) is 0 Å². The fourth-order valence-corrected chi connectivity index (χ4v) is 18.0. The van der Waals surface area contributed by atoms with Gasteiger partial charge in [0.2, 0.25) is 0 Å². The van der Waals surface area contributed by atoms with Crippen molar-refractivity contribution >= 4 is 101 Å². The smallest absolute Gasteiger partial charge is 0.252 e. The minimum atomic E-state index is -2.34. The average molecular weight is 1570 g/mol. The summed E-state index contributed by atoms with van der Waals surface area (Å²) in [6.07, 6.45) is -4.10. The van der Waals surface area contributed by atoms with Crippen LogP contribution in [0.4, 0.5) is 34.1 Å². The second kappa shape index (κ2) is 29.6. The van der Waals surface area contributed by atoms with E-state index in [1.54, 1.807) is 12.1 Å². The van der Waals surface area contributed by atoms with E-state index in [4.69, 9.17) is 0 Å². The number of anilines is 6. The van der Waals surface area contributed by atoms with Crippen LogP contribution in [0.25, 0.3) is 99.5 Å². The van der Waals surface area contributed by atoms with Crippen LogP contribution in [0.3, 0.4) is 0 Å². The van der Waals surface area contributed by atoms with Crippen LogP contribution in [0.5, 0.6) is 0 Å². The normalized spacial score (nSPS) is 16.5. The molecule has 13 aromatic carbocycles. The number of para-hydroxylation sites is 4. The van der Waals surface area contributed by atoms with Crippen LogP contribution >= 0.6 is 0 Å². The van der Waals surface area contributed by atoms with E-state index in [1.807, 2.05) is 172 Å². The van der Waals surface area contributed by atoms with Crippen molar-refractivity contribution in [2.24, 2.45) is 37.9 Å². The number of nitrogens with zero attached hydrogens (tertiary/aromatic N) is 4. The topological polar surface area (TPSA) is 16.3 Å². The van der Waals surface area contributed by atoms with Crippen LogP contribution in [0.1, 0.15) is 214 Å². The summed E-state index contributed by atoms with van der Waals surface area (Å²) in [5, 5.41) is -0.644. The number of hydrogen-bond acceptors (Lipinski definition) is 2. The zero-order valence-electron chi connectivity index (χ0n) is 94.4. The Hall–Kier alpha value is -10.9. The lowest BCUT2D eigenvalue weighted by molar-refractivity contribution is 0.410. The number of hydrogen-bond donors (Lipinski definition) is 0. The summed E-state index contributed by atoms with van der Waals surface area (Å²) in [5.41, 5.74) is 9.03. The molecule has 17 rings (SSSR count). The molecular formula is C113H121BN4. The summed E-state index contributed by atoms with van der Waals surface area (Å²) in [6.45, 7) is 41.8. The molecule has 118 heavy (non-hydrogen) atoms. The fourth-order valence-electron chi connectivity index (χ4n) is 18.0. The minimum absolute atomic E-state index is 0.154. The van der Waals surface area contributed by atoms with E-state index in [2.05, 4.69) is 141 Å². The van der Waals surface area contributed by atoms with Crippen molar-refractivity contribution in [1.29, 1.82) is 0 Å². The van der Waals surface area contributed by atoms with Crippen LogP contribution in [0.2, 0.25) is 0 Å². The highest BCUT2D eigenvalue weighted by atomic mass is 15.2. The molecule has 4 heterocycles. The van der Waals surface area contributed by atoms with E-state index < -0.39 is 139 Å². The Morgan fingerprint density at radius 2 is 0.568 bits per heavy atom. The van der Waals surface area contributed by atoms with Crippen molar-refractivity contribution in [2.45, 2.75) is 190 Å². The number of rotatable bonds is 15. The van der Waals surface area contributed by atoms with Gasteiger partial charge in [0.1, 0.15) is 0 Å². The van der Waals surface area contributed by atoms with E-state index in [1.165, 1.54) is 9.13 Å². The first-order valence-electron chi connectivity index (χ1n) is 52.6. The van der Waals surface area contributed by atoms with E-state index in [0.29, 0.717) is 132 Å². The van der Waals surface area contributed by atoms with Gasteiger partial charge in [-0.05, 0) is 256 Å². The van der Waals surface area contributed by atoms with Gasteiger partial charge in [0.25, 0.3) is 6.71 Å². The van der Waals surface area contributed by atoms with Gasteiger partial charge in [-0.15, -0.1) is 0 Å². The Morgan fingerprint density at radius 1 is 0.271 bits per heavy atom. The molecule has 0 bridgehead atoms. The first kappa shape index (κ1) is 57.3. The van der Waals surface area contributed by atoms with Gasteiger partial charge in [0.05, 0.1) is 55.4 Å². The molecule has 0 N–H and O–H groups in total. The Balaban J connectivity index is 1.15. The molecule has 2 aromatic heterocycles. The zero-order chi connectivity index (χ0) is 102. The molecular weight excluding hydrogens is 1420 g/mol. The minimum Gasteiger partial charge on any atom is -0.311 e. The third-order valence-corrected chi connectivity index (χ3v) is 21.8. The Morgan fingerprint density at radius 3 is 0.864 bits per heavy atom. The van der Waals surface area contributed by atoms with E-state index >= 15 is 0 Å². The maximum absolute atomic E-state index is 11.2. The van der Waals surface area contributed by atoms with Gasteiger partial charge < -0.3 is 18.9 Å². The molecule has 0 radical (unpaired) electrons. The van der Waals surface area contributed by atoms with Gasteiger partial charge >= 0.3 is 0 Å². The summed E-state index contributed by atoms with van der Waals surface area (Å²) in [6, 6.07) is 46.3. The highest BCUT2D eigenvalue weighted by molar-refractivity contribution is 7.00. The van der Waals surface area contributed by atoms with Crippen LogP contribution in [-0.4, -0.2) is 15.8 Å². The molecule has 2 aliphatic heterocycles. The Labute approximate surface area is 736 Å². The molecule has 2 aliphatic rings.